The molecule has 24 heavy (non-hydrogen) atoms. The average molecular weight is 320 g/mol. The van der Waals surface area contributed by atoms with Gasteiger partial charge in [-0.15, -0.1) is 0 Å². The number of benzene rings is 2. The van der Waals surface area contributed by atoms with Crippen molar-refractivity contribution in [2.24, 2.45) is 0 Å². The fraction of sp³-hybridized carbons (Fsp3) is 0.381. The first-order valence-electron chi connectivity index (χ1n) is 8.83. The summed E-state index contributed by atoms with van der Waals surface area (Å²) in [5.41, 5.74) is 4.08. The van der Waals surface area contributed by atoms with Gasteiger partial charge in [-0.25, -0.2) is 0 Å². The molecule has 0 radical (unpaired) electrons. The smallest absolute Gasteiger partial charge is 0.236 e. The minimum Gasteiger partial charge on any atom is -0.342 e. The summed E-state index contributed by atoms with van der Waals surface area (Å²) in [5, 5.41) is 0. The maximum atomic E-state index is 12.5. The largest absolute Gasteiger partial charge is 0.342 e. The van der Waals surface area contributed by atoms with Crippen LogP contribution in [0.25, 0.3) is 0 Å². The molecule has 0 bridgehead atoms. The van der Waals surface area contributed by atoms with Crippen molar-refractivity contribution in [1.29, 1.82) is 0 Å². The lowest BCUT2D eigenvalue weighted by atomic mass is 9.84. The average Bonchev–Trinajstić information content (AvgIpc) is 3.46. The Balaban J connectivity index is 1.57. The quantitative estimate of drug-likeness (QED) is 0.863. The fourth-order valence-corrected chi connectivity index (χ4v) is 3.74. The number of carbonyl (C=O) groups is 1. The third kappa shape index (κ3) is 3.09. The highest BCUT2D eigenvalue weighted by molar-refractivity contribution is 5.78. The van der Waals surface area contributed by atoms with E-state index in [1.807, 2.05) is 11.9 Å². The second-order valence-electron chi connectivity index (χ2n) is 7.07. The number of rotatable bonds is 4. The second kappa shape index (κ2) is 6.40. The van der Waals surface area contributed by atoms with E-state index in [1.165, 1.54) is 16.7 Å². The predicted molar refractivity (Wildman–Crippen MR) is 95.8 cm³/mol. The van der Waals surface area contributed by atoms with E-state index < -0.39 is 0 Å². The molecule has 1 fully saturated rings. The molecule has 4 rings (SSSR count). The molecule has 2 aliphatic rings. The summed E-state index contributed by atoms with van der Waals surface area (Å²) < 4.78 is 0. The molecule has 0 saturated heterocycles. The second-order valence-corrected chi connectivity index (χ2v) is 7.07. The van der Waals surface area contributed by atoms with Crippen molar-refractivity contribution in [2.75, 3.05) is 20.1 Å². The summed E-state index contributed by atoms with van der Waals surface area (Å²) >= 11 is 0. The van der Waals surface area contributed by atoms with Gasteiger partial charge >= 0.3 is 0 Å². The van der Waals surface area contributed by atoms with E-state index in [9.17, 15) is 4.79 Å². The van der Waals surface area contributed by atoms with Gasteiger partial charge in [0, 0.05) is 32.1 Å². The van der Waals surface area contributed by atoms with Crippen molar-refractivity contribution in [3.05, 3.63) is 71.3 Å². The molecule has 2 aromatic rings. The zero-order valence-corrected chi connectivity index (χ0v) is 14.2. The van der Waals surface area contributed by atoms with Crippen LogP contribution in [0.1, 0.15) is 35.4 Å². The first-order valence-corrected chi connectivity index (χ1v) is 8.83. The van der Waals surface area contributed by atoms with Crippen molar-refractivity contribution in [1.82, 2.24) is 9.80 Å². The maximum absolute atomic E-state index is 12.5. The van der Waals surface area contributed by atoms with Gasteiger partial charge in [-0.1, -0.05) is 54.6 Å². The van der Waals surface area contributed by atoms with E-state index in [0.29, 0.717) is 18.5 Å². The van der Waals surface area contributed by atoms with E-state index in [-0.39, 0.29) is 5.91 Å². The van der Waals surface area contributed by atoms with Crippen LogP contribution < -0.4 is 0 Å². The van der Waals surface area contributed by atoms with Crippen molar-refractivity contribution in [3.63, 3.8) is 0 Å². The van der Waals surface area contributed by atoms with Gasteiger partial charge in [0.2, 0.25) is 5.91 Å². The van der Waals surface area contributed by atoms with Crippen molar-refractivity contribution in [2.45, 2.75) is 31.3 Å². The molecule has 0 unspecified atom stereocenters. The number of amides is 1. The molecule has 0 aromatic heterocycles. The molecule has 1 aliphatic carbocycles. The molecule has 1 aliphatic heterocycles. The van der Waals surface area contributed by atoms with Crippen LogP contribution >= 0.6 is 0 Å². The molecule has 3 nitrogen and oxygen atoms in total. The van der Waals surface area contributed by atoms with Gasteiger partial charge in [0.25, 0.3) is 0 Å². The Kier molecular flexibility index (Phi) is 4.11. The normalized spacial score (nSPS) is 20.5. The lowest BCUT2D eigenvalue weighted by Gasteiger charge is -2.35. The molecule has 124 valence electrons. The molecule has 1 saturated carbocycles. The standard InChI is InChI=1S/C21H24N2O/c1-22(18-11-12-18)21(24)15-23-13-17-9-5-6-10-19(17)20(14-23)16-7-3-2-4-8-16/h2-10,18,20H,11-15H2,1H3/t20-/m0/s1. The predicted octanol–water partition coefficient (Wildman–Crippen LogP) is 3.25. The number of carbonyl (C=O) groups excluding carboxylic acids is 1. The molecule has 0 N–H and O–H groups in total. The number of hydrogen-bond donors (Lipinski definition) is 0. The SMILES string of the molecule is CN(C(=O)CN1Cc2ccccc2[C@H](c2ccccc2)C1)C1CC1. The van der Waals surface area contributed by atoms with Crippen LogP contribution in [-0.4, -0.2) is 41.9 Å². The van der Waals surface area contributed by atoms with Crippen LogP contribution in [0.4, 0.5) is 0 Å². The first-order chi connectivity index (χ1) is 11.7. The van der Waals surface area contributed by atoms with E-state index in [2.05, 4.69) is 59.5 Å². The highest BCUT2D eigenvalue weighted by Gasteiger charge is 2.32. The monoisotopic (exact) mass is 320 g/mol. The van der Waals surface area contributed by atoms with Gasteiger partial charge in [0.05, 0.1) is 6.54 Å². The molecule has 1 heterocycles. The topological polar surface area (TPSA) is 23.6 Å². The van der Waals surface area contributed by atoms with Crippen LogP contribution in [0, 0.1) is 0 Å². The van der Waals surface area contributed by atoms with Gasteiger partial charge < -0.3 is 4.90 Å². The Labute approximate surface area is 143 Å². The Bertz CT molecular complexity index is 724. The Hall–Kier alpha value is -2.13. The molecule has 2 aromatic carbocycles. The highest BCUT2D eigenvalue weighted by Crippen LogP contribution is 2.33. The van der Waals surface area contributed by atoms with Gasteiger partial charge in [0.15, 0.2) is 0 Å². The van der Waals surface area contributed by atoms with Crippen LogP contribution in [0.5, 0.6) is 0 Å². The zero-order valence-electron chi connectivity index (χ0n) is 14.2. The summed E-state index contributed by atoms with van der Waals surface area (Å²) in [6, 6.07) is 19.8. The highest BCUT2D eigenvalue weighted by atomic mass is 16.2. The third-order valence-electron chi connectivity index (χ3n) is 5.31. The van der Waals surface area contributed by atoms with E-state index >= 15 is 0 Å². The van der Waals surface area contributed by atoms with Gasteiger partial charge in [-0.2, -0.15) is 0 Å². The van der Waals surface area contributed by atoms with E-state index in [1.54, 1.807) is 0 Å². The molecular weight excluding hydrogens is 296 g/mol. The Morgan fingerprint density at radius 1 is 1.08 bits per heavy atom. The van der Waals surface area contributed by atoms with Crippen LogP contribution in [-0.2, 0) is 11.3 Å². The van der Waals surface area contributed by atoms with E-state index in [4.69, 9.17) is 0 Å². The minimum absolute atomic E-state index is 0.253. The Morgan fingerprint density at radius 3 is 2.54 bits per heavy atom. The maximum Gasteiger partial charge on any atom is 0.236 e. The van der Waals surface area contributed by atoms with Crippen molar-refractivity contribution in [3.8, 4) is 0 Å². The van der Waals surface area contributed by atoms with Crippen molar-refractivity contribution < 1.29 is 4.79 Å². The lowest BCUT2D eigenvalue weighted by molar-refractivity contribution is -0.131. The van der Waals surface area contributed by atoms with Crippen LogP contribution in [0.2, 0.25) is 0 Å². The third-order valence-corrected chi connectivity index (χ3v) is 5.31. The number of fused-ring (bicyclic) bond motifs is 1. The number of likely N-dealkylation sites (N-methyl/N-ethyl adjacent to an activating group) is 1. The zero-order chi connectivity index (χ0) is 16.5. The minimum atomic E-state index is 0.253. The Morgan fingerprint density at radius 2 is 1.79 bits per heavy atom. The van der Waals surface area contributed by atoms with Gasteiger partial charge in [0.1, 0.15) is 0 Å². The summed E-state index contributed by atoms with van der Waals surface area (Å²) in [6.07, 6.45) is 2.33. The fourth-order valence-electron chi connectivity index (χ4n) is 3.74. The van der Waals surface area contributed by atoms with Gasteiger partial charge in [-0.05, 0) is 29.5 Å². The number of nitrogens with zero attached hydrogens (tertiary/aromatic N) is 2. The van der Waals surface area contributed by atoms with Crippen LogP contribution in [0.3, 0.4) is 0 Å². The van der Waals surface area contributed by atoms with E-state index in [0.717, 1.165) is 25.9 Å². The molecule has 1 amide bonds. The molecule has 1 atom stereocenters. The molecule has 3 heteroatoms. The summed E-state index contributed by atoms with van der Waals surface area (Å²) in [5.74, 6) is 0.596. The summed E-state index contributed by atoms with van der Waals surface area (Å²) in [6.45, 7) is 2.29. The summed E-state index contributed by atoms with van der Waals surface area (Å²) in [7, 11) is 1.95. The van der Waals surface area contributed by atoms with Crippen LogP contribution in [0.15, 0.2) is 54.6 Å². The lowest BCUT2D eigenvalue weighted by Crippen LogP contribution is -2.42. The number of hydrogen-bond acceptors (Lipinski definition) is 2. The molecular formula is C21H24N2O. The summed E-state index contributed by atoms with van der Waals surface area (Å²) in [4.78, 5) is 16.8. The van der Waals surface area contributed by atoms with Gasteiger partial charge in [-0.3, -0.25) is 9.69 Å². The first kappa shape index (κ1) is 15.4. The molecule has 0 spiro atoms. The van der Waals surface area contributed by atoms with Crippen molar-refractivity contribution >= 4 is 5.91 Å².